The van der Waals surface area contributed by atoms with Gasteiger partial charge in [0, 0.05) is 11.2 Å². The van der Waals surface area contributed by atoms with Gasteiger partial charge in [-0.15, -0.1) is 0 Å². The molecule has 0 aliphatic rings. The Hall–Kier alpha value is -2.50. The van der Waals surface area contributed by atoms with Gasteiger partial charge in [0.1, 0.15) is 17.7 Å². The quantitative estimate of drug-likeness (QED) is 0.815. The highest BCUT2D eigenvalue weighted by Crippen LogP contribution is 2.25. The maximum Gasteiger partial charge on any atom is 0.337 e. The predicted molar refractivity (Wildman–Crippen MR) is 66.1 cm³/mol. The van der Waals surface area contributed by atoms with Crippen LogP contribution in [-0.2, 0) is 0 Å². The molecular weight excluding hydrogens is 254 g/mol. The molecule has 1 aromatic carbocycles. The maximum absolute atomic E-state index is 11.0. The van der Waals surface area contributed by atoms with Gasteiger partial charge in [0.15, 0.2) is 0 Å². The molecule has 90 valence electrons. The number of benzene rings is 1. The Morgan fingerprint density at radius 2 is 2.06 bits per heavy atom. The summed E-state index contributed by atoms with van der Waals surface area (Å²) in [4.78, 5) is 11.0. The van der Waals surface area contributed by atoms with Crippen LogP contribution in [0.25, 0.3) is 0 Å². The maximum atomic E-state index is 11.0. The molecule has 0 bridgehead atoms. The number of carbonyl (C=O) groups is 1. The van der Waals surface area contributed by atoms with E-state index in [2.05, 4.69) is 5.32 Å². The number of aromatic carboxylic acids is 1. The van der Waals surface area contributed by atoms with Gasteiger partial charge in [-0.1, -0.05) is 11.6 Å². The van der Waals surface area contributed by atoms with E-state index in [0.717, 1.165) is 6.20 Å². The van der Waals surface area contributed by atoms with Crippen LogP contribution in [0.1, 0.15) is 15.9 Å². The number of nitriles is 2. The fourth-order valence-corrected chi connectivity index (χ4v) is 1.38. The normalized spacial score (nSPS) is 8.89. The number of hydrogen-bond donors (Lipinski definition) is 2. The summed E-state index contributed by atoms with van der Waals surface area (Å²) in [6, 6.07) is 6.16. The largest absolute Gasteiger partial charge is 0.478 e. The molecule has 0 atom stereocenters. The van der Waals surface area contributed by atoms with Crippen LogP contribution in [0.15, 0.2) is 23.9 Å². The monoisotopic (exact) mass is 261 g/mol. The van der Waals surface area contributed by atoms with Crippen LogP contribution >= 0.6 is 11.6 Å². The van der Waals surface area contributed by atoms with Gasteiger partial charge in [-0.05, 0) is 24.6 Å². The van der Waals surface area contributed by atoms with Crippen LogP contribution in [0.4, 0.5) is 5.69 Å². The van der Waals surface area contributed by atoms with Crippen molar-refractivity contribution in [1.29, 1.82) is 10.5 Å². The second kappa shape index (κ2) is 5.72. The third-order valence-electron chi connectivity index (χ3n) is 2.14. The zero-order valence-corrected chi connectivity index (χ0v) is 10.1. The van der Waals surface area contributed by atoms with Crippen LogP contribution in [0.3, 0.4) is 0 Å². The lowest BCUT2D eigenvalue weighted by Gasteiger charge is -2.08. The summed E-state index contributed by atoms with van der Waals surface area (Å²) < 4.78 is 0. The minimum absolute atomic E-state index is 0.0170. The Bertz CT molecular complexity index is 593. The summed E-state index contributed by atoms with van der Waals surface area (Å²) in [5.74, 6) is -1.12. The van der Waals surface area contributed by atoms with Gasteiger partial charge in [-0.25, -0.2) is 4.79 Å². The van der Waals surface area contributed by atoms with Gasteiger partial charge >= 0.3 is 5.97 Å². The minimum atomic E-state index is -1.12. The van der Waals surface area contributed by atoms with Crippen LogP contribution in [0, 0.1) is 29.6 Å². The van der Waals surface area contributed by atoms with Crippen molar-refractivity contribution in [3.63, 3.8) is 0 Å². The SMILES string of the molecule is Cc1cc(C(=O)O)c(NC=C(C#N)C#N)cc1Cl. The van der Waals surface area contributed by atoms with Crippen molar-refractivity contribution in [3.8, 4) is 12.1 Å². The van der Waals surface area contributed by atoms with E-state index in [9.17, 15) is 4.79 Å². The van der Waals surface area contributed by atoms with E-state index in [1.807, 2.05) is 0 Å². The van der Waals surface area contributed by atoms with Gasteiger partial charge in [0.25, 0.3) is 0 Å². The summed E-state index contributed by atoms with van der Waals surface area (Å²) in [6.07, 6.45) is 1.13. The van der Waals surface area contributed by atoms with Crippen molar-refractivity contribution in [2.24, 2.45) is 0 Å². The number of nitrogens with one attached hydrogen (secondary N) is 1. The number of allylic oxidation sites excluding steroid dienone is 1. The highest BCUT2D eigenvalue weighted by atomic mass is 35.5. The van der Waals surface area contributed by atoms with Gasteiger partial charge in [-0.3, -0.25) is 0 Å². The number of anilines is 1. The molecule has 2 N–H and O–H groups in total. The van der Waals surface area contributed by atoms with Crippen LogP contribution in [-0.4, -0.2) is 11.1 Å². The van der Waals surface area contributed by atoms with E-state index in [1.165, 1.54) is 12.1 Å². The Morgan fingerprint density at radius 1 is 1.44 bits per heavy atom. The number of halogens is 1. The number of aryl methyl sites for hydroxylation is 1. The molecule has 0 aliphatic carbocycles. The van der Waals surface area contributed by atoms with Crippen LogP contribution in [0.5, 0.6) is 0 Å². The lowest BCUT2D eigenvalue weighted by atomic mass is 10.1. The molecule has 6 heteroatoms. The van der Waals surface area contributed by atoms with Crippen molar-refractivity contribution >= 4 is 23.3 Å². The molecule has 5 nitrogen and oxygen atoms in total. The average molecular weight is 262 g/mol. The first-order valence-corrected chi connectivity index (χ1v) is 5.17. The molecule has 0 aromatic heterocycles. The molecule has 1 rings (SSSR count). The third kappa shape index (κ3) is 3.00. The highest BCUT2D eigenvalue weighted by molar-refractivity contribution is 6.31. The van der Waals surface area contributed by atoms with Gasteiger partial charge < -0.3 is 10.4 Å². The van der Waals surface area contributed by atoms with Crippen molar-refractivity contribution in [1.82, 2.24) is 0 Å². The summed E-state index contributed by atoms with van der Waals surface area (Å²) in [5.41, 5.74) is 0.705. The average Bonchev–Trinajstić information content (AvgIpc) is 2.34. The van der Waals surface area contributed by atoms with Gasteiger partial charge in [0.2, 0.25) is 0 Å². The molecule has 18 heavy (non-hydrogen) atoms. The Morgan fingerprint density at radius 3 is 2.56 bits per heavy atom. The minimum Gasteiger partial charge on any atom is -0.478 e. The van der Waals surface area contributed by atoms with Crippen molar-refractivity contribution in [2.75, 3.05) is 5.32 Å². The molecule has 0 heterocycles. The fourth-order valence-electron chi connectivity index (χ4n) is 1.22. The Kier molecular flexibility index (Phi) is 4.31. The molecule has 0 aliphatic heterocycles. The van der Waals surface area contributed by atoms with E-state index in [-0.39, 0.29) is 16.8 Å². The van der Waals surface area contributed by atoms with E-state index in [4.69, 9.17) is 27.2 Å². The topological polar surface area (TPSA) is 96.9 Å². The first kappa shape index (κ1) is 13.6. The van der Waals surface area contributed by atoms with Gasteiger partial charge in [0.05, 0.1) is 11.3 Å². The third-order valence-corrected chi connectivity index (χ3v) is 2.55. The molecule has 0 saturated heterocycles. The first-order valence-electron chi connectivity index (χ1n) is 4.80. The zero-order chi connectivity index (χ0) is 13.7. The smallest absolute Gasteiger partial charge is 0.337 e. The van der Waals surface area contributed by atoms with Crippen LogP contribution < -0.4 is 5.32 Å². The lowest BCUT2D eigenvalue weighted by Crippen LogP contribution is -2.03. The number of carboxylic acids is 1. The molecule has 0 saturated carbocycles. The predicted octanol–water partition coefficient (Wildman–Crippen LogP) is 2.69. The molecule has 0 radical (unpaired) electrons. The van der Waals surface area contributed by atoms with Crippen molar-refractivity contribution in [2.45, 2.75) is 6.92 Å². The van der Waals surface area contributed by atoms with E-state index < -0.39 is 5.97 Å². The standard InChI is InChI=1S/C12H8ClN3O2/c1-7-2-9(12(17)18)11(3-10(7)13)16-6-8(4-14)5-15/h2-3,6,16H,1H3,(H,17,18). The highest BCUT2D eigenvalue weighted by Gasteiger charge is 2.12. The summed E-state index contributed by atoms with van der Waals surface area (Å²) in [6.45, 7) is 1.68. The van der Waals surface area contributed by atoms with E-state index >= 15 is 0 Å². The second-order valence-corrected chi connectivity index (χ2v) is 3.79. The summed E-state index contributed by atoms with van der Waals surface area (Å²) in [7, 11) is 0. The molecular formula is C12H8ClN3O2. The summed E-state index contributed by atoms with van der Waals surface area (Å²) >= 11 is 5.89. The van der Waals surface area contributed by atoms with E-state index in [0.29, 0.717) is 10.6 Å². The molecule has 1 aromatic rings. The number of hydrogen-bond acceptors (Lipinski definition) is 4. The van der Waals surface area contributed by atoms with Gasteiger partial charge in [-0.2, -0.15) is 10.5 Å². The Balaban J connectivity index is 3.21. The second-order valence-electron chi connectivity index (χ2n) is 3.38. The summed E-state index contributed by atoms with van der Waals surface area (Å²) in [5, 5.41) is 29.1. The Labute approximate surface area is 109 Å². The number of rotatable bonds is 3. The number of carboxylic acid groups (broad SMARTS) is 1. The number of nitrogens with zero attached hydrogens (tertiary/aromatic N) is 2. The molecule has 0 spiro atoms. The lowest BCUT2D eigenvalue weighted by molar-refractivity contribution is 0.0698. The molecule has 0 amide bonds. The van der Waals surface area contributed by atoms with Crippen molar-refractivity contribution in [3.05, 3.63) is 40.1 Å². The molecule has 0 unspecified atom stereocenters. The molecule has 0 fully saturated rings. The van der Waals surface area contributed by atoms with Crippen molar-refractivity contribution < 1.29 is 9.90 Å². The van der Waals surface area contributed by atoms with Crippen LogP contribution in [0.2, 0.25) is 5.02 Å². The fraction of sp³-hybridized carbons (Fsp3) is 0.0833. The zero-order valence-electron chi connectivity index (χ0n) is 9.36. The van der Waals surface area contributed by atoms with E-state index in [1.54, 1.807) is 19.1 Å². The first-order chi connectivity index (χ1) is 8.49.